The highest BCUT2D eigenvalue weighted by Gasteiger charge is 2.17. The second-order valence-electron chi connectivity index (χ2n) is 6.71. The van der Waals surface area contributed by atoms with Gasteiger partial charge in [-0.25, -0.2) is 14.3 Å². The highest BCUT2D eigenvalue weighted by molar-refractivity contribution is 6.31. The van der Waals surface area contributed by atoms with Crippen molar-refractivity contribution in [2.75, 3.05) is 11.9 Å². The van der Waals surface area contributed by atoms with E-state index in [1.807, 2.05) is 18.2 Å². The van der Waals surface area contributed by atoms with E-state index >= 15 is 0 Å². The molecular formula is C21H19ClN6O3. The number of amides is 1. The van der Waals surface area contributed by atoms with Crippen molar-refractivity contribution in [1.82, 2.24) is 24.4 Å². The highest BCUT2D eigenvalue weighted by Crippen LogP contribution is 2.24. The third kappa shape index (κ3) is 4.13. The molecule has 0 atom stereocenters. The lowest BCUT2D eigenvalue weighted by atomic mass is 10.1. The van der Waals surface area contributed by atoms with E-state index in [0.29, 0.717) is 27.6 Å². The summed E-state index contributed by atoms with van der Waals surface area (Å²) in [5, 5.41) is 11.8. The van der Waals surface area contributed by atoms with E-state index in [-0.39, 0.29) is 19.1 Å². The minimum atomic E-state index is -0.475. The fourth-order valence-corrected chi connectivity index (χ4v) is 3.28. The van der Waals surface area contributed by atoms with Crippen LogP contribution in [0.5, 0.6) is 0 Å². The zero-order valence-electron chi connectivity index (χ0n) is 16.9. The molecule has 0 aliphatic rings. The molecule has 3 heterocycles. The maximum atomic E-state index is 12.4. The predicted octanol–water partition coefficient (Wildman–Crippen LogP) is 3.37. The average molecular weight is 439 g/mol. The van der Waals surface area contributed by atoms with Gasteiger partial charge in [0.25, 0.3) is 0 Å². The Labute approximate surface area is 182 Å². The first-order valence-electron chi connectivity index (χ1n) is 9.56. The van der Waals surface area contributed by atoms with Crippen molar-refractivity contribution < 1.29 is 14.3 Å². The predicted molar refractivity (Wildman–Crippen MR) is 115 cm³/mol. The van der Waals surface area contributed by atoms with E-state index in [1.165, 1.54) is 17.1 Å². The molecule has 1 N–H and O–H groups in total. The van der Waals surface area contributed by atoms with Crippen LogP contribution in [0.25, 0.3) is 16.9 Å². The topological polar surface area (TPSA) is 103 Å². The molecule has 0 saturated heterocycles. The smallest absolute Gasteiger partial charge is 0.343 e. The van der Waals surface area contributed by atoms with Gasteiger partial charge < -0.3 is 10.1 Å². The molecule has 0 radical (unpaired) electrons. The van der Waals surface area contributed by atoms with Crippen LogP contribution in [0.15, 0.2) is 48.9 Å². The van der Waals surface area contributed by atoms with Gasteiger partial charge in [-0.1, -0.05) is 23.7 Å². The molecule has 0 spiro atoms. The van der Waals surface area contributed by atoms with Gasteiger partial charge in [0.1, 0.15) is 12.1 Å². The Morgan fingerprint density at radius 2 is 2.03 bits per heavy atom. The Kier molecular flexibility index (Phi) is 5.68. The fourth-order valence-electron chi connectivity index (χ4n) is 3.14. The van der Waals surface area contributed by atoms with Crippen molar-refractivity contribution in [3.05, 3.63) is 65.2 Å². The van der Waals surface area contributed by atoms with E-state index in [1.54, 1.807) is 36.7 Å². The third-order valence-corrected chi connectivity index (χ3v) is 5.05. The van der Waals surface area contributed by atoms with Gasteiger partial charge in [0.2, 0.25) is 5.91 Å². The molecule has 0 saturated carbocycles. The number of aromatic nitrogens is 5. The van der Waals surface area contributed by atoms with Gasteiger partial charge in [0.05, 0.1) is 35.4 Å². The fraction of sp³-hybridized carbons (Fsp3) is 0.190. The Balaban J connectivity index is 1.60. The number of nitrogens with zero attached hydrogens (tertiary/aromatic N) is 5. The first kappa shape index (κ1) is 20.5. The van der Waals surface area contributed by atoms with Gasteiger partial charge in [-0.15, -0.1) is 0 Å². The van der Waals surface area contributed by atoms with Crippen LogP contribution in [0.4, 0.5) is 5.69 Å². The number of fused-ring (bicyclic) bond motifs is 1. The van der Waals surface area contributed by atoms with E-state index in [4.69, 9.17) is 16.3 Å². The molecule has 4 aromatic rings. The second kappa shape index (κ2) is 8.57. The summed E-state index contributed by atoms with van der Waals surface area (Å²) in [5.41, 5.74) is 3.54. The lowest BCUT2D eigenvalue weighted by molar-refractivity contribution is -0.116. The van der Waals surface area contributed by atoms with E-state index in [0.717, 1.165) is 11.3 Å². The Hall–Kier alpha value is -3.72. The number of benzene rings is 1. The van der Waals surface area contributed by atoms with Gasteiger partial charge in [0.15, 0.2) is 5.65 Å². The Morgan fingerprint density at radius 3 is 2.77 bits per heavy atom. The van der Waals surface area contributed by atoms with Gasteiger partial charge in [-0.2, -0.15) is 10.2 Å². The van der Waals surface area contributed by atoms with Crippen LogP contribution >= 0.6 is 11.6 Å². The Morgan fingerprint density at radius 1 is 1.19 bits per heavy atom. The summed E-state index contributed by atoms with van der Waals surface area (Å²) >= 11 is 5.99. The molecule has 3 aromatic heterocycles. The number of esters is 1. The largest absolute Gasteiger partial charge is 0.462 e. The lowest BCUT2D eigenvalue weighted by Crippen LogP contribution is -2.20. The van der Waals surface area contributed by atoms with Crippen molar-refractivity contribution in [2.24, 2.45) is 0 Å². The maximum absolute atomic E-state index is 12.4. The van der Waals surface area contributed by atoms with Gasteiger partial charge >= 0.3 is 5.97 Å². The molecule has 158 valence electrons. The van der Waals surface area contributed by atoms with Crippen molar-refractivity contribution in [1.29, 1.82) is 0 Å². The summed E-state index contributed by atoms with van der Waals surface area (Å²) in [6, 6.07) is 9.10. The number of hydrogen-bond donors (Lipinski definition) is 1. The lowest BCUT2D eigenvalue weighted by Gasteiger charge is -2.10. The number of rotatable bonds is 6. The van der Waals surface area contributed by atoms with E-state index in [9.17, 15) is 9.59 Å². The number of ether oxygens (including phenoxy) is 1. The van der Waals surface area contributed by atoms with Gasteiger partial charge in [-0.05, 0) is 32.0 Å². The summed E-state index contributed by atoms with van der Waals surface area (Å²) < 4.78 is 8.17. The molecule has 9 nitrogen and oxygen atoms in total. The molecule has 0 aliphatic heterocycles. The van der Waals surface area contributed by atoms with E-state index < -0.39 is 5.97 Å². The first-order chi connectivity index (χ1) is 15.0. The van der Waals surface area contributed by atoms with Crippen molar-refractivity contribution in [3.8, 4) is 11.3 Å². The molecule has 4 rings (SSSR count). The van der Waals surface area contributed by atoms with Crippen molar-refractivity contribution >= 4 is 34.8 Å². The molecule has 0 aliphatic carbocycles. The SMILES string of the molecule is CCOC(=O)c1cnn2c(-c3cccc(NC(=O)Cn4ncc(Cl)c4C)c3)ccnc12. The summed E-state index contributed by atoms with van der Waals surface area (Å²) in [4.78, 5) is 28.9. The van der Waals surface area contributed by atoms with Gasteiger partial charge in [0, 0.05) is 17.4 Å². The van der Waals surface area contributed by atoms with Crippen LogP contribution < -0.4 is 5.32 Å². The van der Waals surface area contributed by atoms with E-state index in [2.05, 4.69) is 20.5 Å². The molecule has 31 heavy (non-hydrogen) atoms. The standard InChI is InChI=1S/C21H19ClN6O3/c1-3-31-21(30)16-10-25-28-18(7-8-23-20(16)28)14-5-4-6-15(9-14)26-19(29)12-27-13(2)17(22)11-24-27/h4-11H,3,12H2,1-2H3,(H,26,29). The van der Waals surface area contributed by atoms with Crippen LogP contribution in [0.2, 0.25) is 5.02 Å². The third-order valence-electron chi connectivity index (χ3n) is 4.68. The first-order valence-corrected chi connectivity index (χ1v) is 9.93. The average Bonchev–Trinajstić information content (AvgIpc) is 3.33. The summed E-state index contributed by atoms with van der Waals surface area (Å²) in [7, 11) is 0. The molecule has 10 heteroatoms. The molecule has 0 bridgehead atoms. The van der Waals surface area contributed by atoms with Crippen LogP contribution in [0.1, 0.15) is 23.0 Å². The number of halogens is 1. The molecule has 1 amide bonds. The second-order valence-corrected chi connectivity index (χ2v) is 7.12. The zero-order valence-corrected chi connectivity index (χ0v) is 17.6. The summed E-state index contributed by atoms with van der Waals surface area (Å²) in [5.74, 6) is -0.708. The normalized spacial score (nSPS) is 10.9. The van der Waals surface area contributed by atoms with Crippen LogP contribution in [-0.4, -0.2) is 42.9 Å². The molecule has 1 aromatic carbocycles. The monoisotopic (exact) mass is 438 g/mol. The Bertz CT molecular complexity index is 1280. The number of carbonyl (C=O) groups excluding carboxylic acids is 2. The summed E-state index contributed by atoms with van der Waals surface area (Å²) in [6.45, 7) is 3.85. The van der Waals surface area contributed by atoms with Crippen LogP contribution in [0.3, 0.4) is 0 Å². The number of nitrogens with one attached hydrogen (secondary N) is 1. The van der Waals surface area contributed by atoms with Crippen molar-refractivity contribution in [3.63, 3.8) is 0 Å². The number of hydrogen-bond acceptors (Lipinski definition) is 6. The number of carbonyl (C=O) groups is 2. The zero-order chi connectivity index (χ0) is 22.0. The van der Waals surface area contributed by atoms with Crippen LogP contribution in [-0.2, 0) is 16.1 Å². The molecule has 0 fully saturated rings. The maximum Gasteiger partial charge on any atom is 0.343 e. The summed E-state index contributed by atoms with van der Waals surface area (Å²) in [6.07, 6.45) is 4.55. The molecular weight excluding hydrogens is 420 g/mol. The minimum Gasteiger partial charge on any atom is -0.462 e. The number of anilines is 1. The van der Waals surface area contributed by atoms with Crippen LogP contribution in [0, 0.1) is 6.92 Å². The minimum absolute atomic E-state index is 0.0460. The van der Waals surface area contributed by atoms with Crippen molar-refractivity contribution in [2.45, 2.75) is 20.4 Å². The van der Waals surface area contributed by atoms with Gasteiger partial charge in [-0.3, -0.25) is 9.48 Å². The highest BCUT2D eigenvalue weighted by atomic mass is 35.5. The molecule has 0 unspecified atom stereocenters. The quantitative estimate of drug-likeness (QED) is 0.463.